The molecular weight excluding hydrogens is 212 g/mol. The van der Waals surface area contributed by atoms with E-state index in [2.05, 4.69) is 27.7 Å². The first-order chi connectivity index (χ1) is 7.90. The molecule has 0 aromatic rings. The lowest BCUT2D eigenvalue weighted by atomic mass is 9.68. The third kappa shape index (κ3) is 3.44. The van der Waals surface area contributed by atoms with Crippen LogP contribution in [0.15, 0.2) is 0 Å². The van der Waals surface area contributed by atoms with Crippen molar-refractivity contribution >= 4 is 5.91 Å². The highest BCUT2D eigenvalue weighted by Gasteiger charge is 2.39. The fourth-order valence-electron chi connectivity index (χ4n) is 2.91. The summed E-state index contributed by atoms with van der Waals surface area (Å²) in [6, 6.07) is 0.253. The second-order valence-electron chi connectivity index (χ2n) is 6.20. The fourth-order valence-corrected chi connectivity index (χ4v) is 2.91. The van der Waals surface area contributed by atoms with E-state index in [1.807, 2.05) is 4.90 Å². The molecule has 0 aliphatic heterocycles. The third-order valence-corrected chi connectivity index (χ3v) is 4.08. The van der Waals surface area contributed by atoms with Crippen molar-refractivity contribution in [2.75, 3.05) is 13.1 Å². The topological polar surface area (TPSA) is 46.3 Å². The minimum Gasteiger partial charge on any atom is -0.339 e. The molecule has 0 spiro atoms. The molecule has 0 bridgehead atoms. The maximum Gasteiger partial charge on any atom is 0.226 e. The average Bonchev–Trinajstić information content (AvgIpc) is 2.24. The molecule has 0 aromatic carbocycles. The van der Waals surface area contributed by atoms with Crippen molar-refractivity contribution in [3.63, 3.8) is 0 Å². The Kier molecular flexibility index (Phi) is 4.99. The van der Waals surface area contributed by atoms with Gasteiger partial charge in [-0.2, -0.15) is 0 Å². The molecule has 0 aromatic heterocycles. The maximum absolute atomic E-state index is 12.6. The van der Waals surface area contributed by atoms with Gasteiger partial charge in [-0.25, -0.2) is 0 Å². The van der Waals surface area contributed by atoms with Gasteiger partial charge in [0, 0.05) is 25.0 Å². The van der Waals surface area contributed by atoms with Crippen molar-refractivity contribution < 1.29 is 4.79 Å². The van der Waals surface area contributed by atoms with E-state index in [9.17, 15) is 4.79 Å². The average molecular weight is 240 g/mol. The van der Waals surface area contributed by atoms with E-state index in [-0.39, 0.29) is 17.4 Å². The summed E-state index contributed by atoms with van der Waals surface area (Å²) in [5.41, 5.74) is 5.76. The molecule has 0 heterocycles. The molecule has 3 heteroatoms. The van der Waals surface area contributed by atoms with Crippen LogP contribution in [0.5, 0.6) is 0 Å². The molecule has 1 aliphatic carbocycles. The van der Waals surface area contributed by atoms with E-state index < -0.39 is 0 Å². The van der Waals surface area contributed by atoms with Gasteiger partial charge in [0.05, 0.1) is 0 Å². The zero-order valence-electron chi connectivity index (χ0n) is 11.8. The number of amides is 1. The molecule has 1 rings (SSSR count). The van der Waals surface area contributed by atoms with Crippen molar-refractivity contribution in [2.24, 2.45) is 17.1 Å². The largest absolute Gasteiger partial charge is 0.339 e. The van der Waals surface area contributed by atoms with Gasteiger partial charge < -0.3 is 10.6 Å². The zero-order valence-corrected chi connectivity index (χ0v) is 11.8. The Bertz CT molecular complexity index is 261. The predicted molar refractivity (Wildman–Crippen MR) is 71.6 cm³/mol. The second-order valence-corrected chi connectivity index (χ2v) is 6.20. The summed E-state index contributed by atoms with van der Waals surface area (Å²) in [6.45, 7) is 9.85. The van der Waals surface area contributed by atoms with Gasteiger partial charge >= 0.3 is 0 Å². The van der Waals surface area contributed by atoms with Crippen LogP contribution in [0.1, 0.15) is 53.4 Å². The molecule has 0 radical (unpaired) electrons. The van der Waals surface area contributed by atoms with Crippen molar-refractivity contribution in [3.8, 4) is 0 Å². The van der Waals surface area contributed by atoms with Crippen molar-refractivity contribution in [1.29, 1.82) is 0 Å². The number of hydrogen-bond acceptors (Lipinski definition) is 2. The van der Waals surface area contributed by atoms with Gasteiger partial charge in [-0.1, -0.05) is 26.7 Å². The number of rotatable bonds is 4. The molecule has 1 unspecified atom stereocenters. The van der Waals surface area contributed by atoms with Crippen LogP contribution in [-0.4, -0.2) is 29.9 Å². The molecule has 1 fully saturated rings. The molecule has 1 amide bonds. The highest BCUT2D eigenvalue weighted by molar-refractivity contribution is 5.80. The van der Waals surface area contributed by atoms with Crippen LogP contribution in [0.2, 0.25) is 0 Å². The van der Waals surface area contributed by atoms with E-state index in [0.717, 1.165) is 12.8 Å². The summed E-state index contributed by atoms with van der Waals surface area (Å²) in [5, 5.41) is 0. The fraction of sp³-hybridized carbons (Fsp3) is 0.929. The summed E-state index contributed by atoms with van der Waals surface area (Å²) in [6.07, 6.45) is 4.65. The lowest BCUT2D eigenvalue weighted by Gasteiger charge is -2.41. The van der Waals surface area contributed by atoms with Crippen molar-refractivity contribution in [1.82, 2.24) is 4.90 Å². The number of nitrogens with zero attached hydrogens (tertiary/aromatic N) is 1. The quantitative estimate of drug-likeness (QED) is 0.820. The minimum absolute atomic E-state index is 0.150. The van der Waals surface area contributed by atoms with E-state index in [1.165, 1.54) is 12.8 Å². The van der Waals surface area contributed by atoms with Crippen LogP contribution in [0.3, 0.4) is 0 Å². The third-order valence-electron chi connectivity index (χ3n) is 4.08. The van der Waals surface area contributed by atoms with Gasteiger partial charge in [-0.15, -0.1) is 0 Å². The highest BCUT2D eigenvalue weighted by atomic mass is 16.2. The van der Waals surface area contributed by atoms with Crippen LogP contribution in [0, 0.1) is 11.3 Å². The first-order valence-electron chi connectivity index (χ1n) is 6.90. The molecule has 2 N–H and O–H groups in total. The van der Waals surface area contributed by atoms with Gasteiger partial charge in [0.15, 0.2) is 0 Å². The monoisotopic (exact) mass is 240 g/mol. The molecule has 1 aliphatic rings. The van der Waals surface area contributed by atoms with E-state index in [0.29, 0.717) is 19.0 Å². The van der Waals surface area contributed by atoms with Gasteiger partial charge in [-0.3, -0.25) is 4.79 Å². The Morgan fingerprint density at radius 1 is 1.41 bits per heavy atom. The van der Waals surface area contributed by atoms with Gasteiger partial charge in [0.2, 0.25) is 5.91 Å². The van der Waals surface area contributed by atoms with Crippen LogP contribution >= 0.6 is 0 Å². The summed E-state index contributed by atoms with van der Waals surface area (Å²) in [5.74, 6) is 0.500. The van der Waals surface area contributed by atoms with Crippen LogP contribution in [0.4, 0.5) is 0 Å². The minimum atomic E-state index is 0.150. The number of hydrogen-bond donors (Lipinski definition) is 1. The van der Waals surface area contributed by atoms with Crippen molar-refractivity contribution in [2.45, 2.75) is 59.4 Å². The van der Waals surface area contributed by atoms with Crippen LogP contribution < -0.4 is 5.73 Å². The molecule has 3 nitrogen and oxygen atoms in total. The molecule has 1 atom stereocenters. The summed E-state index contributed by atoms with van der Waals surface area (Å²) >= 11 is 0. The lowest BCUT2D eigenvalue weighted by molar-refractivity contribution is -0.142. The van der Waals surface area contributed by atoms with Gasteiger partial charge in [0.25, 0.3) is 0 Å². The van der Waals surface area contributed by atoms with Crippen LogP contribution in [0.25, 0.3) is 0 Å². The number of nitrogens with two attached hydrogens (primary N) is 1. The molecule has 100 valence electrons. The molecular formula is C14H28N2O. The summed E-state index contributed by atoms with van der Waals surface area (Å²) < 4.78 is 0. The summed E-state index contributed by atoms with van der Waals surface area (Å²) in [7, 11) is 0. The van der Waals surface area contributed by atoms with Crippen LogP contribution in [-0.2, 0) is 4.79 Å². The Balaban J connectivity index is 2.78. The molecule has 0 saturated heterocycles. The Hall–Kier alpha value is -0.570. The number of carbonyl (C=O) groups excluding carboxylic acids is 1. The predicted octanol–water partition coefficient (Wildman–Crippen LogP) is 2.40. The first kappa shape index (κ1) is 14.5. The molecule has 1 saturated carbocycles. The highest BCUT2D eigenvalue weighted by Crippen LogP contribution is 2.41. The Morgan fingerprint density at radius 2 is 2.06 bits per heavy atom. The maximum atomic E-state index is 12.6. The Morgan fingerprint density at radius 3 is 2.53 bits per heavy atom. The van der Waals surface area contributed by atoms with E-state index in [4.69, 9.17) is 5.73 Å². The Labute approximate surface area is 106 Å². The zero-order chi connectivity index (χ0) is 13.1. The van der Waals surface area contributed by atoms with Gasteiger partial charge in [-0.05, 0) is 32.1 Å². The molecule has 17 heavy (non-hydrogen) atoms. The van der Waals surface area contributed by atoms with Crippen molar-refractivity contribution in [3.05, 3.63) is 0 Å². The second kappa shape index (κ2) is 5.85. The number of carbonyl (C=O) groups is 1. The lowest BCUT2D eigenvalue weighted by Crippen LogP contribution is -2.48. The van der Waals surface area contributed by atoms with Gasteiger partial charge in [0.1, 0.15) is 0 Å². The summed E-state index contributed by atoms with van der Waals surface area (Å²) in [4.78, 5) is 14.6. The smallest absolute Gasteiger partial charge is 0.226 e. The van der Waals surface area contributed by atoms with E-state index >= 15 is 0 Å². The standard InChI is InChI=1S/C14H28N2O/c1-11(2)16(10-9-15)13(17)12-7-5-6-8-14(12,3)4/h11-12H,5-10,15H2,1-4H3. The first-order valence-corrected chi connectivity index (χ1v) is 6.90. The SMILES string of the molecule is CC(C)N(CCN)C(=O)C1CCCCC1(C)C. The van der Waals surface area contributed by atoms with E-state index in [1.54, 1.807) is 0 Å². The normalized spacial score (nSPS) is 23.8.